The van der Waals surface area contributed by atoms with E-state index in [4.69, 9.17) is 5.11 Å². The summed E-state index contributed by atoms with van der Waals surface area (Å²) in [5.41, 5.74) is -3.96. The molecule has 0 spiro atoms. The molecule has 3 N–H and O–H groups in total. The van der Waals surface area contributed by atoms with E-state index in [1.54, 1.807) is 6.92 Å². The molecule has 19 heavy (non-hydrogen) atoms. The van der Waals surface area contributed by atoms with Crippen molar-refractivity contribution in [3.8, 4) is 0 Å². The lowest BCUT2D eigenvalue weighted by Gasteiger charge is -2.12. The third kappa shape index (κ3) is 6.35. The van der Waals surface area contributed by atoms with Crippen LogP contribution in [-0.4, -0.2) is 29.3 Å². The molecule has 0 radical (unpaired) electrons. The molecule has 1 atom stereocenters. The first-order valence-corrected chi connectivity index (χ1v) is 6.16. The smallest absolute Gasteiger partial charge is 0.394 e. The second-order valence-corrected chi connectivity index (χ2v) is 4.89. The summed E-state index contributed by atoms with van der Waals surface area (Å²) >= 11 is -0.219. The number of thioether (sulfide) groups is 1. The van der Waals surface area contributed by atoms with Gasteiger partial charge < -0.3 is 15.7 Å². The van der Waals surface area contributed by atoms with Crippen molar-refractivity contribution in [1.82, 2.24) is 5.32 Å². The standard InChI is InChI=1S/C11H13F3N2O2S/c1-7(6-17)15-10(18)16-8-2-4-9(5-3-8)19-11(12,13)14/h2-5,7,17H,6H2,1H3,(H2,15,16,18)/t7-/m1/s1. The third-order valence-corrected chi connectivity index (χ3v) is 2.74. The Bertz CT molecular complexity index is 423. The van der Waals surface area contributed by atoms with Crippen LogP contribution in [0.3, 0.4) is 0 Å². The van der Waals surface area contributed by atoms with Gasteiger partial charge in [-0.3, -0.25) is 0 Å². The average molecular weight is 294 g/mol. The van der Waals surface area contributed by atoms with E-state index in [1.807, 2.05) is 0 Å². The molecule has 1 aromatic carbocycles. The van der Waals surface area contributed by atoms with Crippen LogP contribution < -0.4 is 10.6 Å². The minimum absolute atomic E-state index is 0.0437. The van der Waals surface area contributed by atoms with Gasteiger partial charge in [0.2, 0.25) is 0 Å². The Balaban J connectivity index is 2.55. The fourth-order valence-corrected chi connectivity index (χ4v) is 1.72. The Kier molecular flexibility index (Phi) is 5.49. The molecule has 0 unspecified atom stereocenters. The normalized spacial score (nSPS) is 12.9. The van der Waals surface area contributed by atoms with Crippen molar-refractivity contribution in [2.75, 3.05) is 11.9 Å². The number of carbonyl (C=O) groups excluding carboxylic acids is 1. The first-order chi connectivity index (χ1) is 8.80. The van der Waals surface area contributed by atoms with E-state index < -0.39 is 17.6 Å². The van der Waals surface area contributed by atoms with Crippen LogP contribution >= 0.6 is 11.8 Å². The predicted octanol–water partition coefficient (Wildman–Crippen LogP) is 2.80. The van der Waals surface area contributed by atoms with Gasteiger partial charge in [0.15, 0.2) is 0 Å². The number of amides is 2. The molecule has 0 aliphatic heterocycles. The highest BCUT2D eigenvalue weighted by molar-refractivity contribution is 8.00. The number of urea groups is 1. The molecule has 0 bridgehead atoms. The summed E-state index contributed by atoms with van der Waals surface area (Å²) in [4.78, 5) is 11.4. The molecule has 0 saturated carbocycles. The van der Waals surface area contributed by atoms with Crippen LogP contribution in [0.5, 0.6) is 0 Å². The summed E-state index contributed by atoms with van der Waals surface area (Å²) in [6.07, 6.45) is 0. The molecule has 4 nitrogen and oxygen atoms in total. The van der Waals surface area contributed by atoms with Gasteiger partial charge in [0.05, 0.1) is 12.6 Å². The lowest BCUT2D eigenvalue weighted by atomic mass is 10.3. The summed E-state index contributed by atoms with van der Waals surface area (Å²) in [6.45, 7) is 1.41. The highest BCUT2D eigenvalue weighted by atomic mass is 32.2. The Morgan fingerprint density at radius 3 is 2.42 bits per heavy atom. The van der Waals surface area contributed by atoms with E-state index in [-0.39, 0.29) is 23.3 Å². The highest BCUT2D eigenvalue weighted by Crippen LogP contribution is 2.36. The van der Waals surface area contributed by atoms with E-state index in [0.717, 1.165) is 0 Å². The number of rotatable bonds is 4. The zero-order valence-corrected chi connectivity index (χ0v) is 10.8. The topological polar surface area (TPSA) is 61.4 Å². The van der Waals surface area contributed by atoms with E-state index in [2.05, 4.69) is 10.6 Å². The summed E-state index contributed by atoms with van der Waals surface area (Å²) in [7, 11) is 0. The Labute approximate surface area is 112 Å². The number of hydrogen-bond acceptors (Lipinski definition) is 3. The SMILES string of the molecule is C[C@H](CO)NC(=O)Nc1ccc(SC(F)(F)F)cc1. The number of alkyl halides is 3. The van der Waals surface area contributed by atoms with Gasteiger partial charge in [0.1, 0.15) is 0 Å². The molecule has 0 fully saturated rings. The summed E-state index contributed by atoms with van der Waals surface area (Å²) in [5.74, 6) is 0. The Hall–Kier alpha value is -1.41. The van der Waals surface area contributed by atoms with Gasteiger partial charge in [0, 0.05) is 10.6 Å². The first-order valence-electron chi connectivity index (χ1n) is 5.34. The van der Waals surface area contributed by atoms with Crippen LogP contribution in [0.1, 0.15) is 6.92 Å². The number of halogens is 3. The first kappa shape index (κ1) is 15.6. The van der Waals surface area contributed by atoms with Crippen LogP contribution in [0.2, 0.25) is 0 Å². The fourth-order valence-electron chi connectivity index (χ4n) is 1.18. The number of carbonyl (C=O) groups is 1. The van der Waals surface area contributed by atoms with Gasteiger partial charge in [-0.15, -0.1) is 0 Å². The average Bonchev–Trinajstić information content (AvgIpc) is 2.29. The van der Waals surface area contributed by atoms with Crippen LogP contribution in [0.4, 0.5) is 23.7 Å². The molecule has 0 heterocycles. The molecule has 1 aromatic rings. The van der Waals surface area contributed by atoms with Gasteiger partial charge in [-0.05, 0) is 43.0 Å². The van der Waals surface area contributed by atoms with Crippen molar-refractivity contribution in [1.29, 1.82) is 0 Å². The monoisotopic (exact) mass is 294 g/mol. The van der Waals surface area contributed by atoms with E-state index in [9.17, 15) is 18.0 Å². The molecule has 0 aromatic heterocycles. The van der Waals surface area contributed by atoms with Crippen molar-refractivity contribution in [2.45, 2.75) is 23.4 Å². The van der Waals surface area contributed by atoms with Crippen LogP contribution in [0, 0.1) is 0 Å². The molecule has 0 aliphatic rings. The predicted molar refractivity (Wildman–Crippen MR) is 67.1 cm³/mol. The Morgan fingerprint density at radius 1 is 1.37 bits per heavy atom. The van der Waals surface area contributed by atoms with Gasteiger partial charge in [-0.25, -0.2) is 4.79 Å². The van der Waals surface area contributed by atoms with Crippen LogP contribution in [0.15, 0.2) is 29.2 Å². The molecular formula is C11H13F3N2O2S. The summed E-state index contributed by atoms with van der Waals surface area (Å²) in [6, 6.07) is 4.35. The number of aliphatic hydroxyl groups excluding tert-OH is 1. The summed E-state index contributed by atoms with van der Waals surface area (Å²) < 4.78 is 36.3. The zero-order valence-electron chi connectivity index (χ0n) is 9.99. The molecule has 0 saturated heterocycles. The largest absolute Gasteiger partial charge is 0.446 e. The molecule has 2 amide bonds. The van der Waals surface area contributed by atoms with Gasteiger partial charge >= 0.3 is 11.5 Å². The molecule has 106 valence electrons. The minimum atomic E-state index is -4.33. The van der Waals surface area contributed by atoms with Gasteiger partial charge in [-0.2, -0.15) is 13.2 Å². The maximum absolute atomic E-state index is 12.1. The lowest BCUT2D eigenvalue weighted by Crippen LogP contribution is -2.38. The second kappa shape index (κ2) is 6.67. The van der Waals surface area contributed by atoms with E-state index in [1.165, 1.54) is 24.3 Å². The van der Waals surface area contributed by atoms with Crippen LogP contribution in [0.25, 0.3) is 0 Å². The highest BCUT2D eigenvalue weighted by Gasteiger charge is 2.28. The fraction of sp³-hybridized carbons (Fsp3) is 0.364. The number of nitrogens with one attached hydrogen (secondary N) is 2. The van der Waals surface area contributed by atoms with Crippen LogP contribution in [-0.2, 0) is 0 Å². The molecular weight excluding hydrogens is 281 g/mol. The molecule has 0 aliphatic carbocycles. The van der Waals surface area contributed by atoms with E-state index >= 15 is 0 Å². The molecule has 1 rings (SSSR count). The maximum atomic E-state index is 12.1. The lowest BCUT2D eigenvalue weighted by molar-refractivity contribution is -0.0328. The number of aliphatic hydroxyl groups is 1. The summed E-state index contributed by atoms with van der Waals surface area (Å²) in [5, 5.41) is 13.6. The van der Waals surface area contributed by atoms with Crippen molar-refractivity contribution >= 4 is 23.5 Å². The van der Waals surface area contributed by atoms with Gasteiger partial charge in [-0.1, -0.05) is 0 Å². The third-order valence-electron chi connectivity index (χ3n) is 2.00. The zero-order chi connectivity index (χ0) is 14.5. The quantitative estimate of drug-likeness (QED) is 0.748. The maximum Gasteiger partial charge on any atom is 0.446 e. The van der Waals surface area contributed by atoms with Crippen molar-refractivity contribution in [3.05, 3.63) is 24.3 Å². The number of anilines is 1. The van der Waals surface area contributed by atoms with Gasteiger partial charge in [0.25, 0.3) is 0 Å². The Morgan fingerprint density at radius 2 is 1.95 bits per heavy atom. The van der Waals surface area contributed by atoms with Crippen molar-refractivity contribution < 1.29 is 23.1 Å². The van der Waals surface area contributed by atoms with Crippen molar-refractivity contribution in [3.63, 3.8) is 0 Å². The molecule has 8 heteroatoms. The number of benzene rings is 1. The number of hydrogen-bond donors (Lipinski definition) is 3. The second-order valence-electron chi connectivity index (χ2n) is 3.75. The minimum Gasteiger partial charge on any atom is -0.394 e. The van der Waals surface area contributed by atoms with Crippen molar-refractivity contribution in [2.24, 2.45) is 0 Å². The van der Waals surface area contributed by atoms with E-state index in [0.29, 0.717) is 5.69 Å².